The molecule has 0 aliphatic carbocycles. The van der Waals surface area contributed by atoms with Crippen molar-refractivity contribution < 1.29 is 8.42 Å². The number of nitrogens with zero attached hydrogens (tertiary/aromatic N) is 2. The molecule has 3 rings (SSSR count). The molecule has 0 aromatic heterocycles. The minimum atomic E-state index is -3.25. The zero-order valence-electron chi connectivity index (χ0n) is 18.8. The summed E-state index contributed by atoms with van der Waals surface area (Å²) in [5.74, 6) is 0.708. The summed E-state index contributed by atoms with van der Waals surface area (Å²) in [6, 6.07) is 16.3. The molecule has 0 amide bonds. The van der Waals surface area contributed by atoms with Crippen molar-refractivity contribution >= 4 is 40.0 Å². The van der Waals surface area contributed by atoms with Gasteiger partial charge in [-0.3, -0.25) is 9.89 Å². The molecular weight excluding hydrogens is 537 g/mol. The molecule has 0 atom stereocenters. The van der Waals surface area contributed by atoms with Crippen molar-refractivity contribution in [3.05, 3.63) is 70.8 Å². The predicted molar refractivity (Wildman–Crippen MR) is 142 cm³/mol. The summed E-state index contributed by atoms with van der Waals surface area (Å²) >= 11 is 0. The summed E-state index contributed by atoms with van der Waals surface area (Å²) in [6.45, 7) is 4.76. The van der Waals surface area contributed by atoms with Gasteiger partial charge in [-0.1, -0.05) is 48.5 Å². The van der Waals surface area contributed by atoms with Gasteiger partial charge in [-0.2, -0.15) is 0 Å². The zero-order valence-corrected chi connectivity index (χ0v) is 21.9. The minimum absolute atomic E-state index is 0. The fourth-order valence-corrected chi connectivity index (χ4v) is 4.37. The van der Waals surface area contributed by atoms with Crippen LogP contribution in [-0.4, -0.2) is 46.5 Å². The van der Waals surface area contributed by atoms with E-state index >= 15 is 0 Å². The van der Waals surface area contributed by atoms with E-state index in [0.29, 0.717) is 13.1 Å². The molecule has 9 heteroatoms. The number of nitrogens with one attached hydrogen (secondary N) is 3. The summed E-state index contributed by atoms with van der Waals surface area (Å²) in [4.78, 5) is 6.79. The first-order chi connectivity index (χ1) is 15.0. The fraction of sp³-hybridized carbons (Fsp3) is 0.435. The Bertz CT molecular complexity index is 957. The molecule has 1 fully saturated rings. The molecule has 0 saturated carbocycles. The third-order valence-corrected chi connectivity index (χ3v) is 6.80. The predicted octanol–water partition coefficient (Wildman–Crippen LogP) is 2.81. The van der Waals surface area contributed by atoms with Crippen LogP contribution in [0.4, 0.5) is 0 Å². The summed E-state index contributed by atoms with van der Waals surface area (Å²) < 4.78 is 25.6. The van der Waals surface area contributed by atoms with Gasteiger partial charge in [-0.05, 0) is 55.2 Å². The van der Waals surface area contributed by atoms with Crippen LogP contribution < -0.4 is 15.4 Å². The van der Waals surface area contributed by atoms with E-state index in [1.165, 1.54) is 44.1 Å². The number of halogens is 1. The van der Waals surface area contributed by atoms with Crippen molar-refractivity contribution in [2.45, 2.75) is 38.2 Å². The van der Waals surface area contributed by atoms with Crippen LogP contribution in [0.25, 0.3) is 0 Å². The van der Waals surface area contributed by atoms with Gasteiger partial charge in [0.15, 0.2) is 5.96 Å². The summed E-state index contributed by atoms with van der Waals surface area (Å²) in [7, 11) is -0.0789. The van der Waals surface area contributed by atoms with Gasteiger partial charge in [0.25, 0.3) is 0 Å². The first kappa shape index (κ1) is 26.6. The van der Waals surface area contributed by atoms with Crippen molar-refractivity contribution in [3.63, 3.8) is 0 Å². The van der Waals surface area contributed by atoms with E-state index in [1.807, 2.05) is 24.3 Å². The van der Waals surface area contributed by atoms with Crippen LogP contribution in [0.2, 0.25) is 0 Å². The topological polar surface area (TPSA) is 85.8 Å². The van der Waals surface area contributed by atoms with Crippen molar-refractivity contribution in [2.75, 3.05) is 27.2 Å². The molecule has 32 heavy (non-hydrogen) atoms. The lowest BCUT2D eigenvalue weighted by molar-refractivity contribution is 0.331. The Labute approximate surface area is 209 Å². The molecule has 1 aliphatic rings. The third-order valence-electron chi connectivity index (χ3n) is 5.46. The highest BCUT2D eigenvalue weighted by molar-refractivity contribution is 14.0. The summed E-state index contributed by atoms with van der Waals surface area (Å²) in [6.07, 6.45) is 2.63. The molecule has 7 nitrogen and oxygen atoms in total. The lowest BCUT2D eigenvalue weighted by Gasteiger charge is -2.15. The highest BCUT2D eigenvalue weighted by atomic mass is 127. The molecule has 176 valence electrons. The third kappa shape index (κ3) is 8.68. The number of sulfonamides is 1. The van der Waals surface area contributed by atoms with E-state index in [0.717, 1.165) is 23.6 Å². The molecule has 1 aliphatic heterocycles. The standard InChI is InChI=1S/C23H33N5O2S.HI/c1-24-23(27-16-20-7-11-22(12-8-20)18-31(29,30)25-2)26-15-19-5-9-21(10-6-19)17-28-13-3-4-14-28;/h5-12,25H,3-4,13-18H2,1-2H3,(H2,24,26,27);1H. The normalized spacial score (nSPS) is 14.8. The quantitative estimate of drug-likeness (QED) is 0.245. The van der Waals surface area contributed by atoms with E-state index in [4.69, 9.17) is 0 Å². The molecule has 2 aromatic carbocycles. The number of hydrogen-bond acceptors (Lipinski definition) is 4. The van der Waals surface area contributed by atoms with Crippen LogP contribution >= 0.6 is 24.0 Å². The zero-order chi connectivity index (χ0) is 22.1. The average molecular weight is 572 g/mol. The van der Waals surface area contributed by atoms with Crippen LogP contribution in [0.1, 0.15) is 35.1 Å². The summed E-state index contributed by atoms with van der Waals surface area (Å²) in [5.41, 5.74) is 4.39. The maximum atomic E-state index is 11.6. The number of likely N-dealkylation sites (tertiary alicyclic amines) is 1. The smallest absolute Gasteiger partial charge is 0.215 e. The van der Waals surface area contributed by atoms with Crippen LogP contribution in [0.5, 0.6) is 0 Å². The second kappa shape index (κ2) is 13.1. The minimum Gasteiger partial charge on any atom is -0.352 e. The largest absolute Gasteiger partial charge is 0.352 e. The monoisotopic (exact) mass is 571 g/mol. The maximum absolute atomic E-state index is 11.6. The van der Waals surface area contributed by atoms with Crippen molar-refractivity contribution in [1.82, 2.24) is 20.3 Å². The Kier molecular flexibility index (Phi) is 10.9. The highest BCUT2D eigenvalue weighted by Gasteiger charge is 2.11. The molecule has 0 unspecified atom stereocenters. The summed E-state index contributed by atoms with van der Waals surface area (Å²) in [5, 5.41) is 6.64. The van der Waals surface area contributed by atoms with Gasteiger partial charge in [0.2, 0.25) is 10.0 Å². The van der Waals surface area contributed by atoms with Gasteiger partial charge in [0.05, 0.1) is 5.75 Å². The van der Waals surface area contributed by atoms with Crippen LogP contribution in [0.15, 0.2) is 53.5 Å². The van der Waals surface area contributed by atoms with E-state index in [-0.39, 0.29) is 29.7 Å². The molecule has 1 saturated heterocycles. The number of aliphatic imine (C=N–C) groups is 1. The number of benzene rings is 2. The van der Waals surface area contributed by atoms with E-state index in [2.05, 4.69) is 49.5 Å². The molecule has 1 heterocycles. The molecule has 0 spiro atoms. The number of guanidine groups is 1. The Morgan fingerprint density at radius 3 is 1.81 bits per heavy atom. The van der Waals surface area contributed by atoms with Gasteiger partial charge in [0.1, 0.15) is 0 Å². The lowest BCUT2D eigenvalue weighted by atomic mass is 10.1. The van der Waals surface area contributed by atoms with E-state index in [9.17, 15) is 8.42 Å². The van der Waals surface area contributed by atoms with Gasteiger partial charge >= 0.3 is 0 Å². The second-order valence-corrected chi connectivity index (χ2v) is 9.79. The van der Waals surface area contributed by atoms with Gasteiger partial charge in [-0.15, -0.1) is 24.0 Å². The number of hydrogen-bond donors (Lipinski definition) is 3. The van der Waals surface area contributed by atoms with Crippen molar-refractivity contribution in [2.24, 2.45) is 4.99 Å². The average Bonchev–Trinajstić information content (AvgIpc) is 3.29. The van der Waals surface area contributed by atoms with E-state index < -0.39 is 10.0 Å². The maximum Gasteiger partial charge on any atom is 0.215 e. The van der Waals surface area contributed by atoms with Gasteiger partial charge < -0.3 is 10.6 Å². The second-order valence-electron chi connectivity index (χ2n) is 7.86. The van der Waals surface area contributed by atoms with Crippen molar-refractivity contribution in [3.8, 4) is 0 Å². The molecule has 0 radical (unpaired) electrons. The fourth-order valence-electron chi connectivity index (χ4n) is 3.60. The van der Waals surface area contributed by atoms with Gasteiger partial charge in [-0.25, -0.2) is 13.1 Å². The number of rotatable bonds is 9. The Morgan fingerprint density at radius 1 is 0.875 bits per heavy atom. The molecule has 2 aromatic rings. The molecule has 0 bridgehead atoms. The SMILES string of the molecule is CN=C(NCc1ccc(CN2CCCC2)cc1)NCc1ccc(CS(=O)(=O)NC)cc1.I. The Balaban J connectivity index is 0.00000363. The Hall–Kier alpha value is -1.69. The van der Waals surface area contributed by atoms with Crippen LogP contribution in [0.3, 0.4) is 0 Å². The van der Waals surface area contributed by atoms with Crippen LogP contribution in [0, 0.1) is 0 Å². The molecular formula is C23H34IN5O2S. The Morgan fingerprint density at radius 2 is 1.34 bits per heavy atom. The van der Waals surface area contributed by atoms with Crippen molar-refractivity contribution in [1.29, 1.82) is 0 Å². The van der Waals surface area contributed by atoms with E-state index in [1.54, 1.807) is 7.05 Å². The highest BCUT2D eigenvalue weighted by Crippen LogP contribution is 2.13. The first-order valence-corrected chi connectivity index (χ1v) is 12.4. The van der Waals surface area contributed by atoms with Gasteiger partial charge in [0, 0.05) is 26.7 Å². The van der Waals surface area contributed by atoms with Crippen LogP contribution in [-0.2, 0) is 35.4 Å². The lowest BCUT2D eigenvalue weighted by Crippen LogP contribution is -2.36. The molecule has 3 N–H and O–H groups in total. The first-order valence-electron chi connectivity index (χ1n) is 10.7.